The Morgan fingerprint density at radius 2 is 1.84 bits per heavy atom. The minimum Gasteiger partial charge on any atom is -0.377 e. The lowest BCUT2D eigenvalue weighted by atomic mass is 9.81. The molecule has 19 heavy (non-hydrogen) atoms. The summed E-state index contributed by atoms with van der Waals surface area (Å²) in [5, 5.41) is 3.62. The summed E-state index contributed by atoms with van der Waals surface area (Å²) in [5.74, 6) is 0.672. The maximum absolute atomic E-state index is 4.35. The van der Waals surface area contributed by atoms with Crippen molar-refractivity contribution in [1.82, 2.24) is 4.98 Å². The predicted octanol–water partition coefficient (Wildman–Crippen LogP) is 4.44. The summed E-state index contributed by atoms with van der Waals surface area (Å²) >= 11 is 0. The Bertz CT molecular complexity index is 560. The quantitative estimate of drug-likeness (QED) is 0.854. The van der Waals surface area contributed by atoms with Crippen molar-refractivity contribution < 1.29 is 0 Å². The standard InChI is InChI=1S/C17H20N2/c1-12-7-10-17(16-6-4-3-5-15(12)16)19-14-9-8-13(2)18-11-14/h3-6,8-9,11-12,17,19H,7,10H2,1-2H3. The predicted molar refractivity (Wildman–Crippen MR) is 79.4 cm³/mol. The first-order chi connectivity index (χ1) is 9.24. The molecule has 1 N–H and O–H groups in total. The fourth-order valence-electron chi connectivity index (χ4n) is 2.91. The summed E-state index contributed by atoms with van der Waals surface area (Å²) in [5.41, 5.74) is 5.11. The number of benzene rings is 1. The van der Waals surface area contributed by atoms with Crippen LogP contribution in [0.2, 0.25) is 0 Å². The highest BCUT2D eigenvalue weighted by Crippen LogP contribution is 2.38. The van der Waals surface area contributed by atoms with Crippen LogP contribution >= 0.6 is 0 Å². The minimum atomic E-state index is 0.414. The van der Waals surface area contributed by atoms with Crippen molar-refractivity contribution in [2.24, 2.45) is 0 Å². The Balaban J connectivity index is 1.86. The van der Waals surface area contributed by atoms with Gasteiger partial charge < -0.3 is 5.32 Å². The number of hydrogen-bond acceptors (Lipinski definition) is 2. The lowest BCUT2D eigenvalue weighted by Gasteiger charge is -2.31. The summed E-state index contributed by atoms with van der Waals surface area (Å²) in [6.45, 7) is 4.34. The number of pyridine rings is 1. The van der Waals surface area contributed by atoms with Crippen LogP contribution in [0.15, 0.2) is 42.6 Å². The van der Waals surface area contributed by atoms with Gasteiger partial charge in [-0.05, 0) is 48.9 Å². The molecule has 2 atom stereocenters. The van der Waals surface area contributed by atoms with Gasteiger partial charge in [0.25, 0.3) is 0 Å². The molecule has 0 radical (unpaired) electrons. The number of fused-ring (bicyclic) bond motifs is 1. The van der Waals surface area contributed by atoms with E-state index in [0.29, 0.717) is 12.0 Å². The van der Waals surface area contributed by atoms with Crippen LogP contribution in [0.1, 0.15) is 48.5 Å². The van der Waals surface area contributed by atoms with Gasteiger partial charge in [-0.2, -0.15) is 0 Å². The van der Waals surface area contributed by atoms with E-state index in [0.717, 1.165) is 11.4 Å². The molecule has 0 amide bonds. The second kappa shape index (κ2) is 5.04. The third-order valence-electron chi connectivity index (χ3n) is 4.04. The van der Waals surface area contributed by atoms with Crippen LogP contribution in [0.3, 0.4) is 0 Å². The van der Waals surface area contributed by atoms with E-state index in [-0.39, 0.29) is 0 Å². The molecule has 0 aliphatic heterocycles. The number of aromatic nitrogens is 1. The molecule has 0 spiro atoms. The van der Waals surface area contributed by atoms with Crippen LogP contribution in [-0.4, -0.2) is 4.98 Å². The van der Waals surface area contributed by atoms with Crippen molar-refractivity contribution in [2.75, 3.05) is 5.32 Å². The van der Waals surface area contributed by atoms with Gasteiger partial charge in [-0.1, -0.05) is 31.2 Å². The van der Waals surface area contributed by atoms with Gasteiger partial charge >= 0.3 is 0 Å². The Morgan fingerprint density at radius 1 is 1.05 bits per heavy atom. The summed E-state index contributed by atoms with van der Waals surface area (Å²) < 4.78 is 0. The van der Waals surface area contributed by atoms with Gasteiger partial charge in [-0.3, -0.25) is 4.98 Å². The fourth-order valence-corrected chi connectivity index (χ4v) is 2.91. The monoisotopic (exact) mass is 252 g/mol. The van der Waals surface area contributed by atoms with Gasteiger partial charge in [0.2, 0.25) is 0 Å². The number of rotatable bonds is 2. The maximum atomic E-state index is 4.35. The van der Waals surface area contributed by atoms with Crippen molar-refractivity contribution >= 4 is 5.69 Å². The molecule has 1 heterocycles. The number of aryl methyl sites for hydroxylation is 1. The van der Waals surface area contributed by atoms with E-state index in [1.54, 1.807) is 0 Å². The van der Waals surface area contributed by atoms with E-state index >= 15 is 0 Å². The van der Waals surface area contributed by atoms with E-state index in [9.17, 15) is 0 Å². The zero-order valence-electron chi connectivity index (χ0n) is 11.6. The van der Waals surface area contributed by atoms with Gasteiger partial charge in [0.1, 0.15) is 0 Å². The molecule has 3 rings (SSSR count). The maximum Gasteiger partial charge on any atom is 0.0531 e. The highest BCUT2D eigenvalue weighted by Gasteiger charge is 2.24. The summed E-state index contributed by atoms with van der Waals surface area (Å²) in [7, 11) is 0. The van der Waals surface area contributed by atoms with Crippen LogP contribution in [0, 0.1) is 6.92 Å². The summed E-state index contributed by atoms with van der Waals surface area (Å²) in [4.78, 5) is 4.35. The number of nitrogens with zero attached hydrogens (tertiary/aromatic N) is 1. The Morgan fingerprint density at radius 3 is 2.58 bits per heavy atom. The molecule has 2 nitrogen and oxygen atoms in total. The molecular formula is C17H20N2. The number of nitrogens with one attached hydrogen (secondary N) is 1. The molecule has 98 valence electrons. The van der Waals surface area contributed by atoms with Gasteiger partial charge in [-0.15, -0.1) is 0 Å². The van der Waals surface area contributed by atoms with E-state index in [2.05, 4.69) is 53.6 Å². The Kier molecular flexibility index (Phi) is 3.24. The van der Waals surface area contributed by atoms with Crippen molar-refractivity contribution in [2.45, 2.75) is 38.6 Å². The third-order valence-corrected chi connectivity index (χ3v) is 4.04. The summed E-state index contributed by atoms with van der Waals surface area (Å²) in [6, 6.07) is 13.4. The van der Waals surface area contributed by atoms with Crippen molar-refractivity contribution in [3.8, 4) is 0 Å². The second-order valence-electron chi connectivity index (χ2n) is 5.49. The zero-order chi connectivity index (χ0) is 13.2. The van der Waals surface area contributed by atoms with Gasteiger partial charge in [-0.25, -0.2) is 0 Å². The first kappa shape index (κ1) is 12.2. The van der Waals surface area contributed by atoms with Gasteiger partial charge in [0.15, 0.2) is 0 Å². The largest absolute Gasteiger partial charge is 0.377 e. The molecular weight excluding hydrogens is 232 g/mol. The molecule has 0 fully saturated rings. The molecule has 2 aromatic rings. The zero-order valence-corrected chi connectivity index (χ0v) is 11.6. The van der Waals surface area contributed by atoms with Crippen molar-refractivity contribution in [3.63, 3.8) is 0 Å². The van der Waals surface area contributed by atoms with Crippen LogP contribution < -0.4 is 5.32 Å². The molecule has 2 heteroatoms. The molecule has 1 aromatic carbocycles. The lowest BCUT2D eigenvalue weighted by Crippen LogP contribution is -2.19. The molecule has 1 aromatic heterocycles. The average molecular weight is 252 g/mol. The molecule has 1 aliphatic carbocycles. The lowest BCUT2D eigenvalue weighted by molar-refractivity contribution is 0.534. The van der Waals surface area contributed by atoms with Crippen LogP contribution in [0.4, 0.5) is 5.69 Å². The van der Waals surface area contributed by atoms with Crippen LogP contribution in [-0.2, 0) is 0 Å². The van der Waals surface area contributed by atoms with Gasteiger partial charge in [0.05, 0.1) is 17.9 Å². The fraction of sp³-hybridized carbons (Fsp3) is 0.353. The average Bonchev–Trinajstić information content (AvgIpc) is 2.45. The second-order valence-corrected chi connectivity index (χ2v) is 5.49. The van der Waals surface area contributed by atoms with E-state index in [1.165, 1.54) is 24.0 Å². The first-order valence-corrected chi connectivity index (χ1v) is 7.02. The molecule has 1 aliphatic rings. The number of hydrogen-bond donors (Lipinski definition) is 1. The van der Waals surface area contributed by atoms with Gasteiger partial charge in [0, 0.05) is 5.69 Å². The molecule has 0 bridgehead atoms. The summed E-state index contributed by atoms with van der Waals surface area (Å²) in [6.07, 6.45) is 4.36. The van der Waals surface area contributed by atoms with Crippen molar-refractivity contribution in [3.05, 3.63) is 59.4 Å². The van der Waals surface area contributed by atoms with Crippen LogP contribution in [0.25, 0.3) is 0 Å². The highest BCUT2D eigenvalue weighted by atomic mass is 14.9. The molecule has 0 saturated carbocycles. The SMILES string of the molecule is Cc1ccc(NC2CCC(C)c3ccccc32)cn1. The Hall–Kier alpha value is -1.83. The Labute approximate surface area is 114 Å². The van der Waals surface area contributed by atoms with E-state index in [4.69, 9.17) is 0 Å². The van der Waals surface area contributed by atoms with E-state index in [1.807, 2.05) is 13.1 Å². The van der Waals surface area contributed by atoms with Crippen molar-refractivity contribution in [1.29, 1.82) is 0 Å². The number of anilines is 1. The normalized spacial score (nSPS) is 21.8. The first-order valence-electron chi connectivity index (χ1n) is 7.02. The smallest absolute Gasteiger partial charge is 0.0531 e. The molecule has 2 unspecified atom stereocenters. The topological polar surface area (TPSA) is 24.9 Å². The van der Waals surface area contributed by atoms with E-state index < -0.39 is 0 Å². The minimum absolute atomic E-state index is 0.414. The highest BCUT2D eigenvalue weighted by molar-refractivity contribution is 5.46. The molecule has 0 saturated heterocycles. The third kappa shape index (κ3) is 2.48. The van der Waals surface area contributed by atoms with Crippen LogP contribution in [0.5, 0.6) is 0 Å².